The Labute approximate surface area is 192 Å². The average molecular weight is 496 g/mol. The molecule has 2 aliphatic rings. The second-order valence-electron chi connectivity index (χ2n) is 7.26. The van der Waals surface area contributed by atoms with Gasteiger partial charge in [0, 0.05) is 20.4 Å². The first-order chi connectivity index (χ1) is 15.9. The number of esters is 3. The number of carbonyl (C=O) groups excluding carboxylic acids is 4. The van der Waals surface area contributed by atoms with Crippen LogP contribution < -0.4 is 10.6 Å². The van der Waals surface area contributed by atoms with Gasteiger partial charge in [0.15, 0.2) is 18.4 Å². The molecule has 0 radical (unpaired) electrons. The summed E-state index contributed by atoms with van der Waals surface area (Å²) in [4.78, 5) is 47.4. The van der Waals surface area contributed by atoms with E-state index in [-0.39, 0.29) is 6.54 Å². The molecule has 0 aliphatic carbocycles. The topological polar surface area (TPSA) is 168 Å². The number of carbonyl (C=O) groups is 4. The fraction of sp³-hybridized carbons (Fsp3) is 0.684. The summed E-state index contributed by atoms with van der Waals surface area (Å²) in [6.45, 7) is 4.70. The van der Waals surface area contributed by atoms with Crippen LogP contribution in [0.3, 0.4) is 0 Å². The van der Waals surface area contributed by atoms with Crippen molar-refractivity contribution in [1.29, 1.82) is 0 Å². The Morgan fingerprint density at radius 1 is 1.26 bits per heavy atom. The fourth-order valence-corrected chi connectivity index (χ4v) is 3.47. The quantitative estimate of drug-likeness (QED) is 0.202. The van der Waals surface area contributed by atoms with Gasteiger partial charge in [-0.3, -0.25) is 14.9 Å². The molecule has 6 unspecified atom stereocenters. The molecule has 192 valence electrons. The lowest BCUT2D eigenvalue weighted by molar-refractivity contribution is -0.291. The molecule has 0 spiro atoms. The fourth-order valence-electron chi connectivity index (χ4n) is 3.47. The van der Waals surface area contributed by atoms with E-state index >= 15 is 4.39 Å². The monoisotopic (exact) mass is 496 g/mol. The van der Waals surface area contributed by atoms with Crippen LogP contribution in [-0.4, -0.2) is 98.3 Å². The smallest absolute Gasteiger partial charge is 0.407 e. The molecule has 13 nitrogen and oxygen atoms in total. The maximum Gasteiger partial charge on any atom is 0.407 e. The molecule has 2 saturated heterocycles. The third-order valence-corrected chi connectivity index (χ3v) is 4.84. The maximum absolute atomic E-state index is 15.5. The molecule has 2 heterocycles. The van der Waals surface area contributed by atoms with Crippen molar-refractivity contribution in [3.05, 3.63) is 12.7 Å². The maximum atomic E-state index is 15.5. The summed E-state index contributed by atoms with van der Waals surface area (Å²) in [5, 5.41) is 14.5. The van der Waals surface area contributed by atoms with Gasteiger partial charge in [-0.15, -0.1) is 6.58 Å². The normalized spacial score (nSPS) is 31.9. The number of ether oxygens (including phenoxy) is 6. The van der Waals surface area contributed by atoms with Crippen LogP contribution in [0.5, 0.6) is 0 Å². The molecule has 2 rings (SSSR count). The van der Waals surface area contributed by atoms with Crippen LogP contribution in [0.1, 0.15) is 13.8 Å². The van der Waals surface area contributed by atoms with Crippen LogP contribution in [0.25, 0.3) is 0 Å². The van der Waals surface area contributed by atoms with E-state index in [1.807, 2.05) is 0 Å². The highest BCUT2D eigenvalue weighted by molar-refractivity contribution is 5.79. The van der Waals surface area contributed by atoms with Gasteiger partial charge in [-0.05, 0) is 0 Å². The van der Waals surface area contributed by atoms with Crippen LogP contribution in [0.4, 0.5) is 13.6 Å². The molecule has 1 amide bonds. The van der Waals surface area contributed by atoms with Gasteiger partial charge >= 0.3 is 29.9 Å². The summed E-state index contributed by atoms with van der Waals surface area (Å²) in [6.07, 6.45) is -11.5. The molecule has 2 fully saturated rings. The van der Waals surface area contributed by atoms with Crippen molar-refractivity contribution in [2.24, 2.45) is 0 Å². The number of aliphatic hydroxyl groups is 1. The van der Waals surface area contributed by atoms with E-state index in [1.54, 1.807) is 0 Å². The van der Waals surface area contributed by atoms with E-state index in [9.17, 15) is 28.7 Å². The van der Waals surface area contributed by atoms with Crippen molar-refractivity contribution in [3.63, 3.8) is 0 Å². The van der Waals surface area contributed by atoms with E-state index in [0.29, 0.717) is 0 Å². The van der Waals surface area contributed by atoms with Crippen molar-refractivity contribution >= 4 is 24.0 Å². The zero-order valence-electron chi connectivity index (χ0n) is 18.5. The van der Waals surface area contributed by atoms with Gasteiger partial charge in [0.25, 0.3) is 0 Å². The summed E-state index contributed by atoms with van der Waals surface area (Å²) < 4.78 is 60.0. The van der Waals surface area contributed by atoms with Crippen molar-refractivity contribution < 1.29 is 61.5 Å². The zero-order valence-corrected chi connectivity index (χ0v) is 18.5. The molecule has 15 heteroatoms. The molecule has 0 saturated carbocycles. The van der Waals surface area contributed by atoms with Gasteiger partial charge < -0.3 is 38.8 Å². The van der Waals surface area contributed by atoms with E-state index in [1.165, 1.54) is 6.08 Å². The molecular weight excluding hydrogens is 470 g/mol. The van der Waals surface area contributed by atoms with Gasteiger partial charge in [0.05, 0.1) is 13.2 Å². The van der Waals surface area contributed by atoms with E-state index in [0.717, 1.165) is 21.0 Å². The van der Waals surface area contributed by atoms with Crippen LogP contribution in [0.2, 0.25) is 0 Å². The first kappa shape index (κ1) is 27.4. The SMILES string of the molecule is C=CCNC(=O)O[C@@H](C1OC(F)(C(=O)OC)C(F)C2OC(O)NC21)[C@@H](COC(C)=O)OC(C)=O. The third kappa shape index (κ3) is 6.16. The molecule has 0 bridgehead atoms. The lowest BCUT2D eigenvalue weighted by Crippen LogP contribution is -2.69. The minimum absolute atomic E-state index is 0.0624. The standard InChI is InChI=1S/C19H26F2N2O11/c1-5-6-22-17(27)32-12(10(31-9(3)25)7-30-8(2)24)13-11-14(33-18(28)23-11)15(20)19(21,34-13)16(26)29-4/h5,10-15,18,23,28H,1,6-7H2,2-4H3,(H,22,27)/t10-,11?,12-,13?,14?,15?,18?,19?/m1/s1. The average Bonchev–Trinajstić information content (AvgIpc) is 3.17. The summed E-state index contributed by atoms with van der Waals surface area (Å²) in [6, 6.07) is -1.42. The molecule has 8 atom stereocenters. The van der Waals surface area contributed by atoms with Crippen molar-refractivity contribution in [1.82, 2.24) is 10.6 Å². The van der Waals surface area contributed by atoms with Crippen molar-refractivity contribution in [3.8, 4) is 0 Å². The summed E-state index contributed by atoms with van der Waals surface area (Å²) in [5.74, 6) is -7.24. The highest BCUT2D eigenvalue weighted by Gasteiger charge is 2.67. The number of rotatable bonds is 9. The van der Waals surface area contributed by atoms with Crippen LogP contribution >= 0.6 is 0 Å². The Kier molecular flexibility index (Phi) is 9.26. The lowest BCUT2D eigenvalue weighted by Gasteiger charge is -2.44. The van der Waals surface area contributed by atoms with Gasteiger partial charge in [-0.2, -0.15) is 4.39 Å². The molecule has 2 aliphatic heterocycles. The number of hydrogen-bond donors (Lipinski definition) is 3. The predicted octanol–water partition coefficient (Wildman–Crippen LogP) is -1.03. The number of fused-ring (bicyclic) bond motifs is 1. The van der Waals surface area contributed by atoms with E-state index in [2.05, 4.69) is 21.9 Å². The van der Waals surface area contributed by atoms with Gasteiger partial charge in [0.1, 0.15) is 18.8 Å². The Hall–Kier alpha value is -2.88. The number of aliphatic hydroxyl groups excluding tert-OH is 1. The van der Waals surface area contributed by atoms with E-state index < -0.39 is 79.5 Å². The lowest BCUT2D eigenvalue weighted by atomic mass is 9.88. The molecule has 0 aromatic rings. The molecule has 34 heavy (non-hydrogen) atoms. The number of halogens is 2. The van der Waals surface area contributed by atoms with Gasteiger partial charge in [-0.25, -0.2) is 14.0 Å². The largest absolute Gasteiger partial charge is 0.465 e. The number of methoxy groups -OCH3 is 1. The minimum atomic E-state index is -3.76. The second-order valence-corrected chi connectivity index (χ2v) is 7.26. The highest BCUT2D eigenvalue weighted by atomic mass is 19.2. The molecular formula is C19H26F2N2O11. The number of hydrogen-bond acceptors (Lipinski definition) is 12. The predicted molar refractivity (Wildman–Crippen MR) is 104 cm³/mol. The Morgan fingerprint density at radius 3 is 2.50 bits per heavy atom. The van der Waals surface area contributed by atoms with Crippen LogP contribution in [0.15, 0.2) is 12.7 Å². The second kappa shape index (κ2) is 11.5. The summed E-state index contributed by atoms with van der Waals surface area (Å²) in [5.41, 5.74) is 0. The third-order valence-electron chi connectivity index (χ3n) is 4.84. The Bertz CT molecular complexity index is 800. The van der Waals surface area contributed by atoms with Crippen molar-refractivity contribution in [2.45, 2.75) is 62.7 Å². The first-order valence-corrected chi connectivity index (χ1v) is 9.99. The highest BCUT2D eigenvalue weighted by Crippen LogP contribution is 2.40. The Morgan fingerprint density at radius 2 is 1.94 bits per heavy atom. The number of nitrogens with one attached hydrogen (secondary N) is 2. The van der Waals surface area contributed by atoms with E-state index in [4.69, 9.17) is 23.7 Å². The van der Waals surface area contributed by atoms with Crippen LogP contribution in [-0.2, 0) is 42.8 Å². The molecule has 3 N–H and O–H groups in total. The molecule has 0 aromatic carbocycles. The summed E-state index contributed by atoms with van der Waals surface area (Å²) in [7, 11) is 0.780. The van der Waals surface area contributed by atoms with Crippen molar-refractivity contribution in [2.75, 3.05) is 20.3 Å². The first-order valence-electron chi connectivity index (χ1n) is 9.99. The van der Waals surface area contributed by atoms with Gasteiger partial charge in [-0.1, -0.05) is 6.08 Å². The summed E-state index contributed by atoms with van der Waals surface area (Å²) >= 11 is 0. The Balaban J connectivity index is 2.51. The number of alkyl halides is 2. The number of amides is 1. The van der Waals surface area contributed by atoms with Gasteiger partial charge in [0.2, 0.25) is 6.41 Å². The minimum Gasteiger partial charge on any atom is -0.465 e. The molecule has 0 aromatic heterocycles. The zero-order chi connectivity index (χ0) is 25.6. The number of alkyl carbamates (subject to hydrolysis) is 1. The van der Waals surface area contributed by atoms with Crippen LogP contribution in [0, 0.1) is 0 Å².